The highest BCUT2D eigenvalue weighted by Crippen LogP contribution is 2.43. The predicted octanol–water partition coefficient (Wildman–Crippen LogP) is 3.20. The van der Waals surface area contributed by atoms with Gasteiger partial charge in [-0.3, -0.25) is 9.59 Å². The van der Waals surface area contributed by atoms with Crippen LogP contribution in [0.5, 0.6) is 0 Å². The van der Waals surface area contributed by atoms with E-state index in [0.29, 0.717) is 30.9 Å². The molecule has 2 amide bonds. The van der Waals surface area contributed by atoms with Crippen molar-refractivity contribution < 1.29 is 14.0 Å². The van der Waals surface area contributed by atoms with Gasteiger partial charge in [0.15, 0.2) is 5.89 Å². The zero-order valence-electron chi connectivity index (χ0n) is 18.2. The zero-order chi connectivity index (χ0) is 22.1. The summed E-state index contributed by atoms with van der Waals surface area (Å²) in [5.41, 5.74) is 2.64. The second-order valence-electron chi connectivity index (χ2n) is 8.55. The number of benzene rings is 1. The van der Waals surface area contributed by atoms with E-state index in [-0.39, 0.29) is 23.9 Å². The third-order valence-corrected chi connectivity index (χ3v) is 7.56. The molecule has 1 aliphatic carbocycles. The first kappa shape index (κ1) is 21.1. The maximum atomic E-state index is 13.8. The summed E-state index contributed by atoms with van der Waals surface area (Å²) in [6.07, 6.45) is 10.1. The Balaban J connectivity index is 1.60. The molecule has 5 rings (SSSR count). The second-order valence-corrected chi connectivity index (χ2v) is 9.40. The van der Waals surface area contributed by atoms with Crippen LogP contribution in [-0.4, -0.2) is 46.6 Å². The first-order chi connectivity index (χ1) is 15.7. The van der Waals surface area contributed by atoms with Gasteiger partial charge >= 0.3 is 0 Å². The van der Waals surface area contributed by atoms with Crippen LogP contribution in [0.25, 0.3) is 0 Å². The topological polar surface area (TPSA) is 87.5 Å². The maximum Gasteiger partial charge on any atom is 0.251 e. The molecule has 1 aromatic carbocycles. The molecule has 32 heavy (non-hydrogen) atoms. The SMILES string of the molecule is CSc1ccccc1[C@@H]1C2=C(CNC2=O)N[C@@H]2CCCC[C@H]2N1C(=O)CCc1ncco1. The molecule has 2 aliphatic heterocycles. The molecular weight excluding hydrogens is 424 g/mol. The molecule has 1 fully saturated rings. The van der Waals surface area contributed by atoms with Crippen molar-refractivity contribution in [2.75, 3.05) is 12.8 Å². The normalized spacial score (nSPS) is 25.0. The third kappa shape index (κ3) is 3.81. The number of hydrogen-bond donors (Lipinski definition) is 2. The van der Waals surface area contributed by atoms with Gasteiger partial charge in [-0.2, -0.15) is 0 Å². The van der Waals surface area contributed by atoms with Crippen molar-refractivity contribution in [3.8, 4) is 0 Å². The smallest absolute Gasteiger partial charge is 0.251 e. The van der Waals surface area contributed by atoms with E-state index < -0.39 is 6.04 Å². The van der Waals surface area contributed by atoms with Crippen molar-refractivity contribution in [3.63, 3.8) is 0 Å². The summed E-state index contributed by atoms with van der Waals surface area (Å²) in [7, 11) is 0. The highest BCUT2D eigenvalue weighted by Gasteiger charge is 2.46. The van der Waals surface area contributed by atoms with E-state index in [1.165, 1.54) is 6.26 Å². The molecule has 8 heteroatoms. The van der Waals surface area contributed by atoms with Crippen LogP contribution >= 0.6 is 11.8 Å². The van der Waals surface area contributed by atoms with Crippen molar-refractivity contribution >= 4 is 23.6 Å². The van der Waals surface area contributed by atoms with Crippen molar-refractivity contribution in [2.24, 2.45) is 0 Å². The van der Waals surface area contributed by atoms with E-state index in [9.17, 15) is 9.59 Å². The van der Waals surface area contributed by atoms with Crippen LogP contribution in [0.2, 0.25) is 0 Å². The number of fused-ring (bicyclic) bond motifs is 1. The summed E-state index contributed by atoms with van der Waals surface area (Å²) in [5.74, 6) is 0.514. The second kappa shape index (κ2) is 9.02. The Kier molecular flexibility index (Phi) is 5.95. The minimum Gasteiger partial charge on any atom is -0.449 e. The number of carbonyl (C=O) groups is 2. The molecule has 0 bridgehead atoms. The Bertz CT molecular complexity index is 1040. The van der Waals surface area contributed by atoms with Gasteiger partial charge in [0, 0.05) is 29.5 Å². The molecule has 3 atom stereocenters. The monoisotopic (exact) mass is 452 g/mol. The van der Waals surface area contributed by atoms with Gasteiger partial charge in [0.25, 0.3) is 5.91 Å². The molecule has 1 saturated carbocycles. The first-order valence-corrected chi connectivity index (χ1v) is 12.5. The number of thioether (sulfide) groups is 1. The van der Waals surface area contributed by atoms with E-state index in [4.69, 9.17) is 4.42 Å². The highest BCUT2D eigenvalue weighted by atomic mass is 32.2. The van der Waals surface area contributed by atoms with Crippen molar-refractivity contribution in [1.82, 2.24) is 20.5 Å². The minimum absolute atomic E-state index is 0.0382. The Morgan fingerprint density at radius 3 is 2.94 bits per heavy atom. The third-order valence-electron chi connectivity index (χ3n) is 6.75. The van der Waals surface area contributed by atoms with Gasteiger partial charge in [-0.05, 0) is 30.7 Å². The van der Waals surface area contributed by atoms with E-state index in [0.717, 1.165) is 41.8 Å². The van der Waals surface area contributed by atoms with Crippen molar-refractivity contribution in [2.45, 2.75) is 61.5 Å². The van der Waals surface area contributed by atoms with Crippen LogP contribution in [0.15, 0.2) is 57.3 Å². The lowest BCUT2D eigenvalue weighted by Crippen LogP contribution is -2.53. The van der Waals surface area contributed by atoms with E-state index in [1.807, 2.05) is 23.3 Å². The Hall–Kier alpha value is -2.74. The quantitative estimate of drug-likeness (QED) is 0.678. The van der Waals surface area contributed by atoms with E-state index in [2.05, 4.69) is 27.8 Å². The van der Waals surface area contributed by atoms with Gasteiger partial charge in [0.2, 0.25) is 5.91 Å². The maximum absolute atomic E-state index is 13.8. The number of amides is 2. The van der Waals surface area contributed by atoms with E-state index in [1.54, 1.807) is 18.0 Å². The molecule has 0 saturated heterocycles. The molecule has 0 radical (unpaired) electrons. The summed E-state index contributed by atoms with van der Waals surface area (Å²) < 4.78 is 5.37. The van der Waals surface area contributed by atoms with Crippen molar-refractivity contribution in [3.05, 3.63) is 59.4 Å². The van der Waals surface area contributed by atoms with Gasteiger partial charge in [-0.1, -0.05) is 31.0 Å². The van der Waals surface area contributed by atoms with Crippen LogP contribution in [0.1, 0.15) is 49.6 Å². The highest BCUT2D eigenvalue weighted by molar-refractivity contribution is 7.98. The molecule has 0 unspecified atom stereocenters. The molecule has 2 N–H and O–H groups in total. The van der Waals surface area contributed by atoms with Gasteiger partial charge in [-0.25, -0.2) is 4.98 Å². The number of aromatic nitrogens is 1. The molecule has 168 valence electrons. The number of rotatable bonds is 5. The van der Waals surface area contributed by atoms with Crippen LogP contribution < -0.4 is 10.6 Å². The van der Waals surface area contributed by atoms with Gasteiger partial charge < -0.3 is 20.0 Å². The zero-order valence-corrected chi connectivity index (χ0v) is 19.0. The number of nitrogens with zero attached hydrogens (tertiary/aromatic N) is 2. The standard InChI is InChI=1S/C24H28N4O3S/c1-32-19-9-5-2-6-15(19)23-22-17(14-26-24(22)30)27-16-7-3-4-8-18(16)28(23)21(29)11-10-20-25-12-13-31-20/h2,5-6,9,12-13,16,18,23,27H,3-4,7-8,10-11,14H2,1H3,(H,26,30)/t16-,18-,23-/m1/s1. The average molecular weight is 453 g/mol. The van der Waals surface area contributed by atoms with Gasteiger partial charge in [0.1, 0.15) is 6.26 Å². The number of aryl methyl sites for hydroxylation is 1. The van der Waals surface area contributed by atoms with Gasteiger partial charge in [-0.15, -0.1) is 11.8 Å². The summed E-state index contributed by atoms with van der Waals surface area (Å²) in [6, 6.07) is 7.91. The fourth-order valence-corrected chi connectivity index (χ4v) is 5.96. The fraction of sp³-hybridized carbons (Fsp3) is 0.458. The lowest BCUT2D eigenvalue weighted by molar-refractivity contribution is -0.137. The summed E-state index contributed by atoms with van der Waals surface area (Å²) in [6.45, 7) is 0.494. The van der Waals surface area contributed by atoms with Crippen molar-refractivity contribution in [1.29, 1.82) is 0 Å². The van der Waals surface area contributed by atoms with Crippen LogP contribution in [0.3, 0.4) is 0 Å². The lowest BCUT2D eigenvalue weighted by Gasteiger charge is -2.43. The lowest BCUT2D eigenvalue weighted by atomic mass is 9.87. The van der Waals surface area contributed by atoms with E-state index >= 15 is 0 Å². The molecule has 3 aliphatic rings. The number of hydrogen-bond acceptors (Lipinski definition) is 6. The van der Waals surface area contributed by atoms with Crippen LogP contribution in [-0.2, 0) is 16.0 Å². The Morgan fingerprint density at radius 2 is 2.12 bits per heavy atom. The summed E-state index contributed by atoms with van der Waals surface area (Å²) >= 11 is 1.65. The average Bonchev–Trinajstić information content (AvgIpc) is 3.43. The predicted molar refractivity (Wildman–Crippen MR) is 122 cm³/mol. The molecule has 7 nitrogen and oxygen atoms in total. The molecule has 3 heterocycles. The van der Waals surface area contributed by atoms with Crippen LogP contribution in [0, 0.1) is 0 Å². The minimum atomic E-state index is -0.409. The Morgan fingerprint density at radius 1 is 1.28 bits per heavy atom. The largest absolute Gasteiger partial charge is 0.449 e. The Labute approximate surface area is 192 Å². The summed E-state index contributed by atoms with van der Waals surface area (Å²) in [5, 5.41) is 6.66. The number of oxazole rings is 1. The first-order valence-electron chi connectivity index (χ1n) is 11.3. The van der Waals surface area contributed by atoms with Crippen LogP contribution in [0.4, 0.5) is 0 Å². The molecule has 0 spiro atoms. The number of nitrogens with one attached hydrogen (secondary N) is 2. The molecule has 1 aromatic heterocycles. The fourth-order valence-electron chi connectivity index (χ4n) is 5.33. The number of carbonyl (C=O) groups excluding carboxylic acids is 2. The summed E-state index contributed by atoms with van der Waals surface area (Å²) in [4.78, 5) is 34.2. The molecular formula is C24H28N4O3S. The van der Waals surface area contributed by atoms with Gasteiger partial charge in [0.05, 0.1) is 30.4 Å². The molecule has 2 aromatic rings.